The molecule has 0 saturated heterocycles. The highest BCUT2D eigenvalue weighted by Gasteiger charge is 2.40. The fourth-order valence-electron chi connectivity index (χ4n) is 7.62. The first-order valence-electron chi connectivity index (χ1n) is 17.9. The lowest BCUT2D eigenvalue weighted by atomic mass is 9.77. The smallest absolute Gasteiger partial charge is 0.421 e. The molecule has 4 N–H and O–H groups in total. The number of pyridine rings is 2. The van der Waals surface area contributed by atoms with Gasteiger partial charge in [0, 0.05) is 41.4 Å². The van der Waals surface area contributed by atoms with E-state index in [0.717, 1.165) is 46.7 Å². The summed E-state index contributed by atoms with van der Waals surface area (Å²) >= 11 is 7.10. The summed E-state index contributed by atoms with van der Waals surface area (Å²) in [4.78, 5) is 20.6. The van der Waals surface area contributed by atoms with Gasteiger partial charge >= 0.3 is 12.1 Å². The van der Waals surface area contributed by atoms with Crippen LogP contribution in [0, 0.1) is 5.92 Å². The molecule has 54 heavy (non-hydrogen) atoms. The number of benzene rings is 2. The van der Waals surface area contributed by atoms with Gasteiger partial charge in [0.25, 0.3) is 0 Å². The lowest BCUT2D eigenvalue weighted by molar-refractivity contribution is -0.141. The number of carbonyl (C=O) groups is 1. The predicted octanol–water partition coefficient (Wildman–Crippen LogP) is 7.52. The summed E-state index contributed by atoms with van der Waals surface area (Å²) in [7, 11) is 2.86. The van der Waals surface area contributed by atoms with Crippen LogP contribution in [0.5, 0.6) is 17.6 Å². The van der Waals surface area contributed by atoms with Crippen molar-refractivity contribution >= 4 is 17.6 Å². The molecule has 0 radical (unpaired) electrons. The summed E-state index contributed by atoms with van der Waals surface area (Å²) in [5.41, 5.74) is 3.78. The number of halogens is 4. The number of rotatable bonds is 14. The zero-order valence-electron chi connectivity index (χ0n) is 30.1. The fourth-order valence-corrected chi connectivity index (χ4v) is 7.94. The van der Waals surface area contributed by atoms with Gasteiger partial charge in [-0.3, -0.25) is 10.1 Å². The molecule has 3 aliphatic rings. The third kappa shape index (κ3) is 7.86. The number of nitrogens with one attached hydrogen (secondary N) is 2. The maximum atomic E-state index is 14.5. The Labute approximate surface area is 316 Å². The number of ether oxygens (including phenoxy) is 3. The fraction of sp³-hybridized carbons (Fsp3) is 0.425. The van der Waals surface area contributed by atoms with Crippen molar-refractivity contribution in [3.05, 3.63) is 87.4 Å². The Balaban J connectivity index is 1.13. The van der Waals surface area contributed by atoms with E-state index in [4.69, 9.17) is 30.8 Å². The number of hydrogen-bond acceptors (Lipinski definition) is 9. The maximum Gasteiger partial charge on any atom is 0.421 e. The van der Waals surface area contributed by atoms with Gasteiger partial charge in [-0.15, -0.1) is 0 Å². The van der Waals surface area contributed by atoms with Crippen molar-refractivity contribution in [2.75, 3.05) is 14.2 Å². The molecular formula is C40H42ClF3N4O6. The highest BCUT2D eigenvalue weighted by Crippen LogP contribution is 2.46. The predicted molar refractivity (Wildman–Crippen MR) is 196 cm³/mol. The SMILES string of the molecule is COc1nc(-c2cccc(-c3cccc4c3CC[C@@H]4Oc3nc(OC)c(CNC(C(=O)O)C4CC4)cc3C(F)(F)F)c2Cl)ccc1CNC1CC(C)(O)C1. The molecule has 2 aromatic carbocycles. The lowest BCUT2D eigenvalue weighted by Gasteiger charge is -2.41. The van der Waals surface area contributed by atoms with E-state index >= 15 is 0 Å². The quantitative estimate of drug-likeness (QED) is 0.102. The molecule has 7 rings (SSSR count). The molecule has 0 amide bonds. The van der Waals surface area contributed by atoms with Crippen LogP contribution in [0.1, 0.15) is 72.9 Å². The Morgan fingerprint density at radius 2 is 1.63 bits per heavy atom. The Kier molecular flexibility index (Phi) is 10.5. The normalized spacial score (nSPS) is 21.3. The number of aliphatic carboxylic acids is 1. The van der Waals surface area contributed by atoms with Crippen molar-refractivity contribution in [1.82, 2.24) is 20.6 Å². The van der Waals surface area contributed by atoms with Crippen LogP contribution in [-0.4, -0.2) is 58.1 Å². The number of carboxylic acids is 1. The van der Waals surface area contributed by atoms with Crippen molar-refractivity contribution < 1.29 is 42.4 Å². The van der Waals surface area contributed by atoms with Gasteiger partial charge in [0.05, 0.1) is 30.5 Å². The molecule has 2 atom stereocenters. The lowest BCUT2D eigenvalue weighted by Crippen LogP contribution is -2.51. The molecule has 14 heteroatoms. The number of hydrogen-bond donors (Lipinski definition) is 4. The average Bonchev–Trinajstić information content (AvgIpc) is 3.88. The van der Waals surface area contributed by atoms with Gasteiger partial charge in [0.2, 0.25) is 17.6 Å². The van der Waals surface area contributed by atoms with Gasteiger partial charge in [0.15, 0.2) is 0 Å². The Hall–Kier alpha value is -4.43. The minimum absolute atomic E-state index is 0.0618. The van der Waals surface area contributed by atoms with Crippen LogP contribution in [0.15, 0.2) is 54.6 Å². The van der Waals surface area contributed by atoms with Crippen molar-refractivity contribution in [2.24, 2.45) is 5.92 Å². The molecule has 2 fully saturated rings. The van der Waals surface area contributed by atoms with E-state index in [1.54, 1.807) is 7.11 Å². The van der Waals surface area contributed by atoms with Gasteiger partial charge in [-0.1, -0.05) is 54.1 Å². The van der Waals surface area contributed by atoms with E-state index in [-0.39, 0.29) is 29.9 Å². The summed E-state index contributed by atoms with van der Waals surface area (Å²) in [6.07, 6.45) is -1.74. The number of aliphatic hydroxyl groups is 1. The maximum absolute atomic E-state index is 14.5. The van der Waals surface area contributed by atoms with E-state index in [2.05, 4.69) is 15.6 Å². The van der Waals surface area contributed by atoms with Crippen molar-refractivity contribution in [2.45, 2.75) is 88.5 Å². The first kappa shape index (κ1) is 37.9. The molecule has 0 aliphatic heterocycles. The zero-order valence-corrected chi connectivity index (χ0v) is 30.9. The second-order valence-corrected chi connectivity index (χ2v) is 15.0. The molecule has 2 aromatic heterocycles. The largest absolute Gasteiger partial charge is 0.481 e. The second kappa shape index (κ2) is 15.0. The number of nitrogens with zero attached hydrogens (tertiary/aromatic N) is 2. The molecule has 1 unspecified atom stereocenters. The monoisotopic (exact) mass is 766 g/mol. The molecule has 286 valence electrons. The van der Waals surface area contributed by atoms with E-state index in [9.17, 15) is 28.2 Å². The Bertz CT molecular complexity index is 2050. The summed E-state index contributed by atoms with van der Waals surface area (Å²) in [6, 6.07) is 15.4. The van der Waals surface area contributed by atoms with Crippen LogP contribution in [0.25, 0.3) is 22.4 Å². The molecule has 3 aliphatic carbocycles. The van der Waals surface area contributed by atoms with Crippen LogP contribution in [-0.2, 0) is 30.5 Å². The van der Waals surface area contributed by atoms with Crippen molar-refractivity contribution in [3.63, 3.8) is 0 Å². The molecule has 2 heterocycles. The highest BCUT2D eigenvalue weighted by atomic mass is 35.5. The summed E-state index contributed by atoms with van der Waals surface area (Å²) < 4.78 is 60.5. The van der Waals surface area contributed by atoms with Crippen LogP contribution in [0.3, 0.4) is 0 Å². The Morgan fingerprint density at radius 1 is 0.944 bits per heavy atom. The van der Waals surface area contributed by atoms with Gasteiger partial charge in [-0.2, -0.15) is 18.2 Å². The Morgan fingerprint density at radius 3 is 2.30 bits per heavy atom. The highest BCUT2D eigenvalue weighted by molar-refractivity contribution is 6.36. The van der Waals surface area contributed by atoms with Gasteiger partial charge in [-0.05, 0) is 80.2 Å². The molecule has 0 spiro atoms. The molecular weight excluding hydrogens is 725 g/mol. The topological polar surface area (TPSA) is 135 Å². The van der Waals surface area contributed by atoms with Crippen LogP contribution >= 0.6 is 11.6 Å². The molecule has 4 aromatic rings. The van der Waals surface area contributed by atoms with Crippen LogP contribution < -0.4 is 24.8 Å². The van der Waals surface area contributed by atoms with E-state index in [0.29, 0.717) is 54.4 Å². The van der Waals surface area contributed by atoms with E-state index < -0.39 is 41.3 Å². The minimum Gasteiger partial charge on any atom is -0.481 e. The summed E-state index contributed by atoms with van der Waals surface area (Å²) in [5, 5.41) is 26.4. The third-order valence-corrected chi connectivity index (χ3v) is 10.9. The number of fused-ring (bicyclic) bond motifs is 1. The number of methoxy groups -OCH3 is 2. The first-order valence-corrected chi connectivity index (χ1v) is 18.3. The first-order chi connectivity index (χ1) is 25.8. The second-order valence-electron chi connectivity index (χ2n) is 14.6. The minimum atomic E-state index is -4.80. The van der Waals surface area contributed by atoms with Crippen molar-refractivity contribution in [1.29, 1.82) is 0 Å². The number of aromatic nitrogens is 2. The molecule has 10 nitrogen and oxygen atoms in total. The van der Waals surface area contributed by atoms with Crippen molar-refractivity contribution in [3.8, 4) is 40.0 Å². The number of alkyl halides is 3. The standard InChI is InChI=1S/C40H42ClF3N4O6/c1-39(51)17-24(18-39)45-19-22-12-14-31(47-35(22)52-2)29-9-5-8-28(33(29)41)25-6-4-7-27-26(25)13-15-32(27)54-37-30(40(42,43)44)16-23(36(48-37)53-3)20-46-34(38(49)50)21-10-11-21/h4-9,12,14,16,21,24,32,34,45-46,51H,10-11,13,15,17-20H2,1-3H3,(H,49,50)/t24?,32-,34?,39?/m0/s1. The molecule has 0 bridgehead atoms. The van der Waals surface area contributed by atoms with E-state index in [1.165, 1.54) is 7.11 Å². The number of carboxylic acid groups (broad SMARTS) is 1. The summed E-state index contributed by atoms with van der Waals surface area (Å²) in [5.74, 6) is -1.34. The molecule has 2 saturated carbocycles. The van der Waals surface area contributed by atoms with Crippen LogP contribution in [0.4, 0.5) is 13.2 Å². The zero-order chi connectivity index (χ0) is 38.4. The third-order valence-electron chi connectivity index (χ3n) is 10.5. The van der Waals surface area contributed by atoms with E-state index in [1.807, 2.05) is 55.5 Å². The van der Waals surface area contributed by atoms with Gasteiger partial charge in [0.1, 0.15) is 17.7 Å². The summed E-state index contributed by atoms with van der Waals surface area (Å²) in [6.45, 7) is 2.19. The van der Waals surface area contributed by atoms with Crippen LogP contribution in [0.2, 0.25) is 5.02 Å². The average molecular weight is 767 g/mol. The van der Waals surface area contributed by atoms with Gasteiger partial charge < -0.3 is 29.7 Å². The van der Waals surface area contributed by atoms with Gasteiger partial charge in [-0.25, -0.2) is 4.98 Å².